The molecule has 0 atom stereocenters. The zero-order valence-corrected chi connectivity index (χ0v) is 14.7. The van der Waals surface area contributed by atoms with Gasteiger partial charge in [-0.2, -0.15) is 0 Å². The quantitative estimate of drug-likeness (QED) is 0.757. The predicted octanol–water partition coefficient (Wildman–Crippen LogP) is 3.23. The van der Waals surface area contributed by atoms with Gasteiger partial charge in [-0.1, -0.05) is 0 Å². The van der Waals surface area contributed by atoms with Gasteiger partial charge in [-0.05, 0) is 45.6 Å². The van der Waals surface area contributed by atoms with E-state index in [1.807, 2.05) is 0 Å². The van der Waals surface area contributed by atoms with Crippen LogP contribution in [0.1, 0.15) is 20.0 Å². The molecular formula is C15H11BrFNO5S. The molecule has 0 unspecified atom stereocenters. The van der Waals surface area contributed by atoms with E-state index in [1.165, 1.54) is 19.2 Å². The van der Waals surface area contributed by atoms with Gasteiger partial charge >= 0.3 is 11.9 Å². The second kappa shape index (κ2) is 8.02. The number of benzene rings is 1. The van der Waals surface area contributed by atoms with Crippen molar-refractivity contribution in [3.05, 3.63) is 50.4 Å². The van der Waals surface area contributed by atoms with Crippen molar-refractivity contribution in [2.24, 2.45) is 0 Å². The highest BCUT2D eigenvalue weighted by Crippen LogP contribution is 2.23. The van der Waals surface area contributed by atoms with E-state index in [0.717, 1.165) is 23.5 Å². The van der Waals surface area contributed by atoms with Gasteiger partial charge in [0.25, 0.3) is 5.91 Å². The molecule has 126 valence electrons. The van der Waals surface area contributed by atoms with E-state index in [4.69, 9.17) is 4.74 Å². The third kappa shape index (κ3) is 4.39. The Labute approximate surface area is 148 Å². The molecule has 0 saturated heterocycles. The largest absolute Gasteiger partial charge is 0.465 e. The fraction of sp³-hybridized carbons (Fsp3) is 0.133. The molecule has 6 nitrogen and oxygen atoms in total. The van der Waals surface area contributed by atoms with Crippen LogP contribution in [0.2, 0.25) is 0 Å². The van der Waals surface area contributed by atoms with Crippen LogP contribution < -0.4 is 5.32 Å². The fourth-order valence-corrected chi connectivity index (χ4v) is 2.99. The van der Waals surface area contributed by atoms with Crippen LogP contribution in [0.3, 0.4) is 0 Å². The molecule has 1 heterocycles. The number of hydrogen-bond donors (Lipinski definition) is 1. The molecule has 2 aromatic rings. The van der Waals surface area contributed by atoms with Crippen LogP contribution in [0.5, 0.6) is 0 Å². The second-order valence-electron chi connectivity index (χ2n) is 4.40. The molecule has 1 N–H and O–H groups in total. The summed E-state index contributed by atoms with van der Waals surface area (Å²) in [7, 11) is 1.23. The smallest absolute Gasteiger partial charge is 0.350 e. The average molecular weight is 416 g/mol. The van der Waals surface area contributed by atoms with Crippen LogP contribution in [-0.2, 0) is 14.3 Å². The van der Waals surface area contributed by atoms with Crippen LogP contribution in [-0.4, -0.2) is 31.6 Å². The summed E-state index contributed by atoms with van der Waals surface area (Å²) in [4.78, 5) is 35.5. The number of amides is 1. The van der Waals surface area contributed by atoms with Crippen molar-refractivity contribution >= 4 is 50.8 Å². The van der Waals surface area contributed by atoms with Crippen molar-refractivity contribution in [1.82, 2.24) is 0 Å². The highest BCUT2D eigenvalue weighted by Gasteiger charge is 2.17. The monoisotopic (exact) mass is 415 g/mol. The molecule has 0 spiro atoms. The van der Waals surface area contributed by atoms with Crippen molar-refractivity contribution in [2.45, 2.75) is 0 Å². The molecule has 2 rings (SSSR count). The van der Waals surface area contributed by atoms with Crippen LogP contribution in [0.15, 0.2) is 34.1 Å². The lowest BCUT2D eigenvalue weighted by molar-refractivity contribution is -0.119. The molecule has 0 radical (unpaired) electrons. The van der Waals surface area contributed by atoms with Crippen LogP contribution >= 0.6 is 27.3 Å². The predicted molar refractivity (Wildman–Crippen MR) is 88.7 cm³/mol. The Bertz CT molecular complexity index is 792. The minimum atomic E-state index is -0.782. The van der Waals surface area contributed by atoms with Gasteiger partial charge in [0.1, 0.15) is 10.7 Å². The number of methoxy groups -OCH3 is 1. The lowest BCUT2D eigenvalue weighted by Gasteiger charge is -2.08. The van der Waals surface area contributed by atoms with Gasteiger partial charge in [0.2, 0.25) is 0 Å². The molecule has 0 fully saturated rings. The number of hydrogen-bond acceptors (Lipinski definition) is 6. The van der Waals surface area contributed by atoms with Crippen molar-refractivity contribution in [3.63, 3.8) is 0 Å². The molecular weight excluding hydrogens is 405 g/mol. The van der Waals surface area contributed by atoms with Crippen molar-refractivity contribution < 1.29 is 28.2 Å². The van der Waals surface area contributed by atoms with E-state index in [2.05, 4.69) is 26.0 Å². The Hall–Kier alpha value is -2.26. The normalized spacial score (nSPS) is 10.1. The first-order valence-corrected chi connectivity index (χ1v) is 8.17. The van der Waals surface area contributed by atoms with Crippen LogP contribution in [0.25, 0.3) is 0 Å². The van der Waals surface area contributed by atoms with Crippen molar-refractivity contribution in [1.29, 1.82) is 0 Å². The van der Waals surface area contributed by atoms with Gasteiger partial charge in [-0.15, -0.1) is 11.3 Å². The topological polar surface area (TPSA) is 81.7 Å². The minimum Gasteiger partial charge on any atom is -0.465 e. The number of carbonyl (C=O) groups is 3. The van der Waals surface area contributed by atoms with E-state index in [1.54, 1.807) is 5.38 Å². The van der Waals surface area contributed by atoms with Crippen molar-refractivity contribution in [3.8, 4) is 0 Å². The Kier molecular flexibility index (Phi) is 6.04. The van der Waals surface area contributed by atoms with E-state index < -0.39 is 30.3 Å². The number of nitrogens with one attached hydrogen (secondary N) is 1. The van der Waals surface area contributed by atoms with Gasteiger partial charge < -0.3 is 14.8 Å². The molecule has 0 aliphatic rings. The van der Waals surface area contributed by atoms with Gasteiger partial charge in [-0.25, -0.2) is 14.0 Å². The summed E-state index contributed by atoms with van der Waals surface area (Å²) in [5, 5.41) is 4.07. The van der Waals surface area contributed by atoms with Gasteiger partial charge in [0.15, 0.2) is 6.61 Å². The molecule has 0 aliphatic carbocycles. The first kappa shape index (κ1) is 18.1. The summed E-state index contributed by atoms with van der Waals surface area (Å²) in [6.45, 7) is -0.556. The molecule has 24 heavy (non-hydrogen) atoms. The highest BCUT2D eigenvalue weighted by atomic mass is 79.9. The summed E-state index contributed by atoms with van der Waals surface area (Å²) in [5.74, 6) is -2.49. The lowest BCUT2D eigenvalue weighted by Crippen LogP contribution is -2.21. The second-order valence-corrected chi connectivity index (χ2v) is 6.17. The maximum absolute atomic E-state index is 13.0. The molecule has 9 heteroatoms. The van der Waals surface area contributed by atoms with E-state index >= 15 is 0 Å². The van der Waals surface area contributed by atoms with Crippen LogP contribution in [0.4, 0.5) is 10.1 Å². The molecule has 0 saturated carbocycles. The number of thiophene rings is 1. The first-order chi connectivity index (χ1) is 11.4. The zero-order valence-electron chi connectivity index (χ0n) is 12.3. The molecule has 1 aromatic heterocycles. The number of anilines is 1. The molecule has 1 aromatic carbocycles. The summed E-state index contributed by atoms with van der Waals surface area (Å²) >= 11 is 4.16. The minimum absolute atomic E-state index is 0.0926. The Morgan fingerprint density at radius 3 is 2.67 bits per heavy atom. The van der Waals surface area contributed by atoms with E-state index in [0.29, 0.717) is 0 Å². The van der Waals surface area contributed by atoms with E-state index in [9.17, 15) is 18.8 Å². The number of esters is 2. The summed E-state index contributed by atoms with van der Waals surface area (Å²) in [5.41, 5.74) is 0.367. The van der Waals surface area contributed by atoms with Gasteiger partial charge in [0, 0.05) is 4.47 Å². The summed E-state index contributed by atoms with van der Waals surface area (Å²) < 4.78 is 22.7. The number of rotatable bonds is 5. The van der Waals surface area contributed by atoms with E-state index in [-0.39, 0.29) is 20.6 Å². The Morgan fingerprint density at radius 1 is 1.25 bits per heavy atom. The number of carbonyl (C=O) groups excluding carboxylic acids is 3. The number of halogens is 2. The molecule has 0 bridgehead atoms. The Balaban J connectivity index is 1.95. The summed E-state index contributed by atoms with van der Waals surface area (Å²) in [6, 6.07) is 5.00. The molecule has 0 aliphatic heterocycles. The maximum atomic E-state index is 13.0. The molecule has 1 amide bonds. The lowest BCUT2D eigenvalue weighted by atomic mass is 10.2. The maximum Gasteiger partial charge on any atom is 0.350 e. The average Bonchev–Trinajstić information content (AvgIpc) is 3.00. The third-order valence-electron chi connectivity index (χ3n) is 2.80. The fourth-order valence-electron chi connectivity index (χ4n) is 1.71. The number of ether oxygens (including phenoxy) is 2. The highest BCUT2D eigenvalue weighted by molar-refractivity contribution is 9.10. The Morgan fingerprint density at radius 2 is 2.00 bits per heavy atom. The first-order valence-electron chi connectivity index (χ1n) is 6.50. The van der Waals surface area contributed by atoms with Gasteiger partial charge in [0.05, 0.1) is 18.4 Å². The zero-order chi connectivity index (χ0) is 17.7. The third-order valence-corrected chi connectivity index (χ3v) is 4.35. The van der Waals surface area contributed by atoms with Crippen LogP contribution in [0, 0.1) is 5.82 Å². The van der Waals surface area contributed by atoms with Gasteiger partial charge in [-0.3, -0.25) is 4.79 Å². The standard InChI is InChI=1S/C15H11BrFNO5S/c1-22-15(21)13-11(4-5-24-13)18-12(19)7-23-14(20)9-3-2-8(17)6-10(9)16/h2-6H,7H2,1H3,(H,18,19). The SMILES string of the molecule is COC(=O)c1sccc1NC(=O)COC(=O)c1ccc(F)cc1Br. The summed E-state index contributed by atoms with van der Waals surface area (Å²) in [6.07, 6.45) is 0. The van der Waals surface area contributed by atoms with Crippen molar-refractivity contribution in [2.75, 3.05) is 19.0 Å².